The Morgan fingerprint density at radius 1 is 1.15 bits per heavy atom. The van der Waals surface area contributed by atoms with E-state index in [1.54, 1.807) is 6.07 Å². The van der Waals surface area contributed by atoms with Crippen LogP contribution in [-0.4, -0.2) is 4.92 Å². The van der Waals surface area contributed by atoms with Crippen LogP contribution in [0.4, 0.5) is 20.2 Å². The van der Waals surface area contributed by atoms with E-state index in [0.29, 0.717) is 21.4 Å². The van der Waals surface area contributed by atoms with E-state index >= 15 is 0 Å². The minimum absolute atomic E-state index is 0.00720. The third-order valence-electron chi connectivity index (χ3n) is 2.63. The number of nitrogens with zero attached hydrogens (tertiary/aromatic N) is 1. The van der Waals surface area contributed by atoms with E-state index in [0.717, 1.165) is 12.1 Å². The predicted octanol–water partition coefficient (Wildman–Crippen LogP) is 4.09. The smallest absolute Gasteiger partial charge is 0.270 e. The second-order valence-corrected chi connectivity index (χ2v) is 5.19. The van der Waals surface area contributed by atoms with Gasteiger partial charge in [-0.05, 0) is 46.4 Å². The van der Waals surface area contributed by atoms with E-state index in [9.17, 15) is 18.9 Å². The Morgan fingerprint density at radius 2 is 1.90 bits per heavy atom. The van der Waals surface area contributed by atoms with Crippen LogP contribution in [0.1, 0.15) is 5.56 Å². The molecule has 4 nitrogen and oxygen atoms in total. The molecule has 0 aliphatic rings. The van der Waals surface area contributed by atoms with E-state index in [1.807, 2.05) is 22.6 Å². The molecule has 0 bridgehead atoms. The summed E-state index contributed by atoms with van der Waals surface area (Å²) in [6, 6.07) is 8.06. The average Bonchev–Trinajstić information content (AvgIpc) is 2.41. The second-order valence-electron chi connectivity index (χ2n) is 4.02. The summed E-state index contributed by atoms with van der Waals surface area (Å²) in [5, 5.41) is 13.6. The Balaban J connectivity index is 2.10. The number of halogens is 3. The highest BCUT2D eigenvalue weighted by Crippen LogP contribution is 2.24. The number of nitrogens with one attached hydrogen (secondary N) is 1. The van der Waals surface area contributed by atoms with Crippen molar-refractivity contribution in [2.75, 3.05) is 5.32 Å². The van der Waals surface area contributed by atoms with Gasteiger partial charge in [-0.15, -0.1) is 0 Å². The van der Waals surface area contributed by atoms with Gasteiger partial charge in [-0.3, -0.25) is 10.1 Å². The summed E-state index contributed by atoms with van der Waals surface area (Å²) in [6.07, 6.45) is 0. The quantitative estimate of drug-likeness (QED) is 0.486. The molecule has 104 valence electrons. The van der Waals surface area contributed by atoms with E-state index in [1.165, 1.54) is 18.2 Å². The highest BCUT2D eigenvalue weighted by molar-refractivity contribution is 14.1. The molecule has 0 radical (unpaired) electrons. The number of hydrogen-bond acceptors (Lipinski definition) is 3. The molecule has 2 aromatic rings. The number of nitro benzene ring substituents is 1. The molecule has 20 heavy (non-hydrogen) atoms. The molecule has 0 amide bonds. The van der Waals surface area contributed by atoms with Crippen molar-refractivity contribution >= 4 is 34.0 Å². The first-order valence-corrected chi connectivity index (χ1v) is 6.67. The Hall–Kier alpha value is -1.77. The van der Waals surface area contributed by atoms with Crippen molar-refractivity contribution in [3.8, 4) is 0 Å². The second kappa shape index (κ2) is 6.12. The highest BCUT2D eigenvalue weighted by atomic mass is 127. The van der Waals surface area contributed by atoms with Crippen molar-refractivity contribution in [2.45, 2.75) is 6.54 Å². The lowest BCUT2D eigenvalue weighted by Crippen LogP contribution is -2.02. The number of non-ortho nitro benzene ring substituents is 1. The number of nitro groups is 1. The monoisotopic (exact) mass is 390 g/mol. The molecule has 0 atom stereocenters. The number of hydrogen-bond donors (Lipinski definition) is 1. The van der Waals surface area contributed by atoms with Crippen molar-refractivity contribution in [3.63, 3.8) is 0 Å². The number of benzene rings is 2. The van der Waals surface area contributed by atoms with Crippen LogP contribution in [0, 0.1) is 25.3 Å². The Kier molecular flexibility index (Phi) is 4.48. The molecule has 0 aromatic heterocycles. The molecular weight excluding hydrogens is 381 g/mol. The van der Waals surface area contributed by atoms with Crippen LogP contribution in [-0.2, 0) is 6.54 Å². The molecule has 0 aliphatic carbocycles. The van der Waals surface area contributed by atoms with Gasteiger partial charge in [0, 0.05) is 27.9 Å². The molecule has 0 fully saturated rings. The van der Waals surface area contributed by atoms with Gasteiger partial charge in [0.05, 0.1) is 4.92 Å². The van der Waals surface area contributed by atoms with Crippen molar-refractivity contribution in [3.05, 3.63) is 67.3 Å². The fourth-order valence-electron chi connectivity index (χ4n) is 1.61. The van der Waals surface area contributed by atoms with E-state index < -0.39 is 16.6 Å². The first kappa shape index (κ1) is 14.6. The number of anilines is 1. The normalized spacial score (nSPS) is 10.3. The van der Waals surface area contributed by atoms with Gasteiger partial charge in [-0.25, -0.2) is 8.78 Å². The summed E-state index contributed by atoms with van der Waals surface area (Å²) in [5.74, 6) is -1.79. The van der Waals surface area contributed by atoms with Crippen LogP contribution >= 0.6 is 22.6 Å². The summed E-state index contributed by atoms with van der Waals surface area (Å²) in [7, 11) is 0. The molecular formula is C13H9F2IN2O2. The zero-order valence-electron chi connectivity index (χ0n) is 10.1. The Morgan fingerprint density at radius 3 is 2.50 bits per heavy atom. The third kappa shape index (κ3) is 3.41. The fraction of sp³-hybridized carbons (Fsp3) is 0.0769. The van der Waals surface area contributed by atoms with Gasteiger partial charge in [0.1, 0.15) is 0 Å². The maximum Gasteiger partial charge on any atom is 0.270 e. The van der Waals surface area contributed by atoms with Gasteiger partial charge >= 0.3 is 0 Å². The van der Waals surface area contributed by atoms with Crippen LogP contribution in [0.5, 0.6) is 0 Å². The zero-order chi connectivity index (χ0) is 14.7. The van der Waals surface area contributed by atoms with Crippen molar-refractivity contribution in [1.29, 1.82) is 0 Å². The summed E-state index contributed by atoms with van der Waals surface area (Å²) in [6.45, 7) is 0.297. The molecule has 0 unspecified atom stereocenters. The largest absolute Gasteiger partial charge is 0.380 e. The molecule has 2 aromatic carbocycles. The van der Waals surface area contributed by atoms with Gasteiger partial charge in [0.15, 0.2) is 11.6 Å². The minimum atomic E-state index is -0.900. The highest BCUT2D eigenvalue weighted by Gasteiger charge is 2.09. The molecule has 1 N–H and O–H groups in total. The lowest BCUT2D eigenvalue weighted by molar-refractivity contribution is -0.384. The summed E-state index contributed by atoms with van der Waals surface area (Å²) >= 11 is 1.97. The van der Waals surface area contributed by atoms with Crippen LogP contribution < -0.4 is 5.32 Å². The number of rotatable bonds is 4. The van der Waals surface area contributed by atoms with Crippen molar-refractivity contribution < 1.29 is 13.7 Å². The minimum Gasteiger partial charge on any atom is -0.380 e. The third-order valence-corrected chi connectivity index (χ3v) is 3.52. The van der Waals surface area contributed by atoms with E-state index in [-0.39, 0.29) is 5.69 Å². The molecule has 2 rings (SSSR count). The summed E-state index contributed by atoms with van der Waals surface area (Å²) < 4.78 is 26.5. The van der Waals surface area contributed by atoms with Gasteiger partial charge in [0.25, 0.3) is 5.69 Å². The molecule has 0 aliphatic heterocycles. The van der Waals surface area contributed by atoms with Crippen molar-refractivity contribution in [1.82, 2.24) is 0 Å². The zero-order valence-corrected chi connectivity index (χ0v) is 12.2. The van der Waals surface area contributed by atoms with Gasteiger partial charge in [0.2, 0.25) is 0 Å². The maximum atomic E-state index is 13.0. The molecule has 7 heteroatoms. The van der Waals surface area contributed by atoms with Gasteiger partial charge in [-0.1, -0.05) is 6.07 Å². The van der Waals surface area contributed by atoms with Crippen LogP contribution in [0.15, 0.2) is 36.4 Å². The lowest BCUT2D eigenvalue weighted by atomic mass is 10.2. The average molecular weight is 390 g/mol. The van der Waals surface area contributed by atoms with E-state index in [2.05, 4.69) is 5.32 Å². The molecule has 0 saturated carbocycles. The van der Waals surface area contributed by atoms with E-state index in [4.69, 9.17) is 0 Å². The molecule has 0 heterocycles. The van der Waals surface area contributed by atoms with Gasteiger partial charge in [-0.2, -0.15) is 0 Å². The lowest BCUT2D eigenvalue weighted by Gasteiger charge is -2.08. The Bertz CT molecular complexity index is 665. The SMILES string of the molecule is O=[N+]([O-])c1ccc(NCc2ccc(F)c(F)c2)c(I)c1. The predicted molar refractivity (Wildman–Crippen MR) is 79.5 cm³/mol. The molecule has 0 spiro atoms. The van der Waals surface area contributed by atoms with Crippen LogP contribution in [0.3, 0.4) is 0 Å². The summed E-state index contributed by atoms with van der Waals surface area (Å²) in [4.78, 5) is 10.1. The van der Waals surface area contributed by atoms with Crippen molar-refractivity contribution in [2.24, 2.45) is 0 Å². The fourth-order valence-corrected chi connectivity index (χ4v) is 2.30. The first-order valence-electron chi connectivity index (χ1n) is 5.59. The molecule has 0 saturated heterocycles. The first-order chi connectivity index (χ1) is 9.47. The van der Waals surface area contributed by atoms with Crippen LogP contribution in [0.25, 0.3) is 0 Å². The maximum absolute atomic E-state index is 13.0. The summed E-state index contributed by atoms with van der Waals surface area (Å²) in [5.41, 5.74) is 1.28. The van der Waals surface area contributed by atoms with Crippen LogP contribution in [0.2, 0.25) is 0 Å². The standard InChI is InChI=1S/C13H9F2IN2O2/c14-10-3-1-8(5-11(10)15)7-17-13-4-2-9(18(19)20)6-12(13)16/h1-6,17H,7H2. The van der Waals surface area contributed by atoms with Gasteiger partial charge < -0.3 is 5.32 Å². The topological polar surface area (TPSA) is 55.2 Å². The Labute approximate surface area is 127 Å².